The topological polar surface area (TPSA) is 3.24 Å². The summed E-state index contributed by atoms with van der Waals surface area (Å²) in [5.74, 6) is 0. The molecule has 0 spiro atoms. The Morgan fingerprint density at radius 2 is 1.69 bits per heavy atom. The quantitative estimate of drug-likeness (QED) is 0.630. The van der Waals surface area contributed by atoms with Crippen LogP contribution in [-0.2, 0) is 5.54 Å². The normalized spacial score (nSPS) is 24.4. The van der Waals surface area contributed by atoms with Crippen molar-refractivity contribution in [3.8, 4) is 0 Å². The van der Waals surface area contributed by atoms with Gasteiger partial charge in [-0.15, -0.1) is 0 Å². The Kier molecular flexibility index (Phi) is 1.37. The summed E-state index contributed by atoms with van der Waals surface area (Å²) in [6.07, 6.45) is 2.74. The summed E-state index contributed by atoms with van der Waals surface area (Å²) in [4.78, 5) is 2.59. The van der Waals surface area contributed by atoms with E-state index in [2.05, 4.69) is 36.1 Å². The Bertz CT molecular complexity index is 317. The van der Waals surface area contributed by atoms with E-state index in [0.717, 1.165) is 0 Å². The van der Waals surface area contributed by atoms with E-state index in [4.69, 9.17) is 0 Å². The van der Waals surface area contributed by atoms with Crippen LogP contribution in [-0.4, -0.2) is 18.0 Å². The van der Waals surface area contributed by atoms with Gasteiger partial charge in [0.05, 0.1) is 0 Å². The van der Waals surface area contributed by atoms with Gasteiger partial charge >= 0.3 is 0 Å². The van der Waals surface area contributed by atoms with E-state index >= 15 is 0 Å². The summed E-state index contributed by atoms with van der Waals surface area (Å²) in [7, 11) is 0. The Morgan fingerprint density at radius 1 is 1.08 bits per heavy atom. The lowest BCUT2D eigenvalue weighted by atomic mass is 9.69. The number of nitrogens with zero attached hydrogens (tertiary/aromatic N) is 1. The summed E-state index contributed by atoms with van der Waals surface area (Å²) >= 11 is 0. The van der Waals surface area contributed by atoms with Crippen molar-refractivity contribution in [3.05, 3.63) is 35.4 Å². The summed E-state index contributed by atoms with van der Waals surface area (Å²) in [5.41, 5.74) is 3.38. The lowest BCUT2D eigenvalue weighted by molar-refractivity contribution is -0.110. The van der Waals surface area contributed by atoms with Crippen LogP contribution in [0.15, 0.2) is 24.3 Å². The summed E-state index contributed by atoms with van der Waals surface area (Å²) < 4.78 is 0. The minimum absolute atomic E-state index is 0.480. The monoisotopic (exact) mass is 173 g/mol. The fraction of sp³-hybridized carbons (Fsp3) is 0.500. The third-order valence-corrected chi connectivity index (χ3v) is 3.78. The van der Waals surface area contributed by atoms with Crippen molar-refractivity contribution in [1.29, 1.82) is 0 Å². The first-order chi connectivity index (χ1) is 6.31. The average Bonchev–Trinajstić information content (AvgIpc) is 2.13. The molecule has 3 rings (SSSR count). The number of hydrogen-bond donors (Lipinski definition) is 0. The molecule has 1 aromatic rings. The highest BCUT2D eigenvalue weighted by Crippen LogP contribution is 2.50. The summed E-state index contributed by atoms with van der Waals surface area (Å²) in [5, 5.41) is 0. The highest BCUT2D eigenvalue weighted by molar-refractivity contribution is 5.32. The smallest absolute Gasteiger partial charge is 0.0485 e. The predicted molar refractivity (Wildman–Crippen MR) is 53.7 cm³/mol. The minimum atomic E-state index is 0.480. The van der Waals surface area contributed by atoms with E-state index in [1.54, 1.807) is 0 Å². The van der Waals surface area contributed by atoms with E-state index < -0.39 is 0 Å². The third-order valence-electron chi connectivity index (χ3n) is 3.78. The van der Waals surface area contributed by atoms with Crippen LogP contribution in [0.3, 0.4) is 0 Å². The van der Waals surface area contributed by atoms with Crippen LogP contribution in [0.5, 0.6) is 0 Å². The van der Waals surface area contributed by atoms with Gasteiger partial charge in [0.15, 0.2) is 0 Å². The maximum absolute atomic E-state index is 2.59. The highest BCUT2D eigenvalue weighted by Gasteiger charge is 2.52. The van der Waals surface area contributed by atoms with Crippen molar-refractivity contribution < 1.29 is 0 Å². The van der Waals surface area contributed by atoms with Crippen molar-refractivity contribution in [1.82, 2.24) is 4.90 Å². The molecule has 1 nitrogen and oxygen atoms in total. The van der Waals surface area contributed by atoms with Crippen molar-refractivity contribution in [2.24, 2.45) is 0 Å². The highest BCUT2D eigenvalue weighted by atomic mass is 15.3. The molecule has 0 radical (unpaired) electrons. The van der Waals surface area contributed by atoms with Gasteiger partial charge in [-0.3, -0.25) is 4.90 Å². The van der Waals surface area contributed by atoms with Gasteiger partial charge in [0.25, 0.3) is 0 Å². The second-order valence-electron chi connectivity index (χ2n) is 4.38. The van der Waals surface area contributed by atoms with E-state index in [0.29, 0.717) is 5.54 Å². The zero-order valence-electron chi connectivity index (χ0n) is 8.09. The van der Waals surface area contributed by atoms with Crippen molar-refractivity contribution in [2.45, 2.75) is 25.3 Å². The maximum atomic E-state index is 2.59. The first-order valence-electron chi connectivity index (χ1n) is 5.13. The molecule has 1 heteroatoms. The van der Waals surface area contributed by atoms with Crippen molar-refractivity contribution in [3.63, 3.8) is 0 Å². The van der Waals surface area contributed by atoms with Gasteiger partial charge in [-0.05, 0) is 25.3 Å². The standard InChI is InChI=1S/C12H15N/c1-10-2-4-11(5-3-10)12-6-8-13(12)9-7-12/h2-5H,6-9H2,1H3. The van der Waals surface area contributed by atoms with Gasteiger partial charge < -0.3 is 0 Å². The van der Waals surface area contributed by atoms with Crippen LogP contribution in [0.2, 0.25) is 0 Å². The van der Waals surface area contributed by atoms with Crippen LogP contribution >= 0.6 is 0 Å². The first-order valence-corrected chi connectivity index (χ1v) is 5.13. The SMILES string of the molecule is Cc1ccc(C23CCN2CC3)cc1. The van der Waals surface area contributed by atoms with Gasteiger partial charge in [0, 0.05) is 18.6 Å². The number of piperidine rings is 1. The van der Waals surface area contributed by atoms with Crippen LogP contribution in [0.1, 0.15) is 24.0 Å². The lowest BCUT2D eigenvalue weighted by Crippen LogP contribution is -2.66. The molecule has 0 amide bonds. The van der Waals surface area contributed by atoms with Gasteiger partial charge in [-0.25, -0.2) is 0 Å². The third kappa shape index (κ3) is 0.856. The average molecular weight is 173 g/mol. The molecule has 2 fully saturated rings. The zero-order chi connectivity index (χ0) is 8.89. The van der Waals surface area contributed by atoms with Crippen LogP contribution in [0, 0.1) is 6.92 Å². The van der Waals surface area contributed by atoms with E-state index in [1.165, 1.54) is 37.1 Å². The molecule has 0 saturated carbocycles. The van der Waals surface area contributed by atoms with Crippen LogP contribution in [0.4, 0.5) is 0 Å². The number of hydrogen-bond acceptors (Lipinski definition) is 1. The van der Waals surface area contributed by atoms with Gasteiger partial charge in [-0.2, -0.15) is 0 Å². The fourth-order valence-electron chi connectivity index (χ4n) is 2.65. The molecular formula is C12H15N. The van der Waals surface area contributed by atoms with E-state index in [9.17, 15) is 0 Å². The van der Waals surface area contributed by atoms with Crippen molar-refractivity contribution in [2.75, 3.05) is 13.1 Å². The molecule has 0 unspecified atom stereocenters. The Morgan fingerprint density at radius 3 is 2.08 bits per heavy atom. The van der Waals surface area contributed by atoms with Gasteiger partial charge in [-0.1, -0.05) is 29.8 Å². The maximum Gasteiger partial charge on any atom is 0.0485 e. The zero-order valence-corrected chi connectivity index (χ0v) is 8.09. The molecule has 68 valence electrons. The number of fused-ring (bicyclic) bond motifs is 1. The molecule has 0 aliphatic carbocycles. The van der Waals surface area contributed by atoms with Gasteiger partial charge in [0.1, 0.15) is 0 Å². The van der Waals surface area contributed by atoms with Crippen LogP contribution < -0.4 is 0 Å². The molecule has 2 heterocycles. The number of rotatable bonds is 1. The Labute approximate surface area is 79.4 Å². The molecule has 1 aromatic carbocycles. The van der Waals surface area contributed by atoms with E-state index in [1.807, 2.05) is 0 Å². The molecule has 2 aliphatic heterocycles. The minimum Gasteiger partial charge on any atom is -0.293 e. The molecule has 0 bridgehead atoms. The second kappa shape index (κ2) is 2.36. The molecule has 2 saturated heterocycles. The molecule has 0 aromatic heterocycles. The van der Waals surface area contributed by atoms with Crippen LogP contribution in [0.25, 0.3) is 0 Å². The molecular weight excluding hydrogens is 158 g/mol. The second-order valence-corrected chi connectivity index (χ2v) is 4.38. The van der Waals surface area contributed by atoms with Gasteiger partial charge in [0.2, 0.25) is 0 Å². The number of benzene rings is 1. The molecule has 0 N–H and O–H groups in total. The van der Waals surface area contributed by atoms with E-state index in [-0.39, 0.29) is 0 Å². The molecule has 2 aliphatic rings. The number of aryl methyl sites for hydroxylation is 1. The largest absolute Gasteiger partial charge is 0.293 e. The summed E-state index contributed by atoms with van der Waals surface area (Å²) in [6.45, 7) is 4.78. The molecule has 0 atom stereocenters. The Balaban J connectivity index is 1.96. The first kappa shape index (κ1) is 7.57. The Hall–Kier alpha value is -0.820. The van der Waals surface area contributed by atoms with Crippen molar-refractivity contribution >= 4 is 0 Å². The summed E-state index contributed by atoms with van der Waals surface area (Å²) in [6, 6.07) is 9.08. The molecule has 13 heavy (non-hydrogen) atoms. The lowest BCUT2D eigenvalue weighted by Gasteiger charge is -2.62. The fourth-order valence-corrected chi connectivity index (χ4v) is 2.65. The predicted octanol–water partition coefficient (Wildman–Crippen LogP) is 2.30.